The summed E-state index contributed by atoms with van der Waals surface area (Å²) in [4.78, 5) is 11.7. The average molecular weight is 242 g/mol. The molecule has 100 valence electrons. The Bertz CT molecular complexity index is 221. The number of rotatable bonds is 7. The van der Waals surface area contributed by atoms with E-state index in [2.05, 4.69) is 5.32 Å². The summed E-state index contributed by atoms with van der Waals surface area (Å²) < 4.78 is 5.21. The van der Waals surface area contributed by atoms with Gasteiger partial charge in [0.25, 0.3) is 0 Å². The van der Waals surface area contributed by atoms with Crippen molar-refractivity contribution in [3.63, 3.8) is 0 Å². The zero-order valence-electron chi connectivity index (χ0n) is 10.9. The van der Waals surface area contributed by atoms with E-state index in [1.54, 1.807) is 0 Å². The van der Waals surface area contributed by atoms with Crippen molar-refractivity contribution in [2.45, 2.75) is 51.5 Å². The zero-order chi connectivity index (χ0) is 12.5. The highest BCUT2D eigenvalue weighted by molar-refractivity contribution is 5.76. The highest BCUT2D eigenvalue weighted by atomic mass is 16.5. The fourth-order valence-corrected chi connectivity index (χ4v) is 2.35. The highest BCUT2D eigenvalue weighted by Crippen LogP contribution is 2.25. The van der Waals surface area contributed by atoms with Crippen molar-refractivity contribution in [3.8, 4) is 0 Å². The number of carbonyl (C=O) groups is 1. The Balaban J connectivity index is 2.07. The van der Waals surface area contributed by atoms with Gasteiger partial charge in [0.15, 0.2) is 0 Å². The molecule has 0 spiro atoms. The van der Waals surface area contributed by atoms with Gasteiger partial charge in [-0.05, 0) is 32.1 Å². The lowest BCUT2D eigenvalue weighted by Gasteiger charge is -2.27. The molecule has 0 aromatic rings. The van der Waals surface area contributed by atoms with Gasteiger partial charge in [-0.25, -0.2) is 0 Å². The van der Waals surface area contributed by atoms with Gasteiger partial charge >= 0.3 is 0 Å². The average Bonchev–Trinajstić information content (AvgIpc) is 2.32. The van der Waals surface area contributed by atoms with Crippen LogP contribution in [0.1, 0.15) is 45.4 Å². The monoisotopic (exact) mass is 242 g/mol. The molecule has 0 aromatic heterocycles. The van der Waals surface area contributed by atoms with E-state index >= 15 is 0 Å². The first-order valence-electron chi connectivity index (χ1n) is 6.84. The van der Waals surface area contributed by atoms with Gasteiger partial charge < -0.3 is 15.8 Å². The molecule has 1 rings (SSSR count). The van der Waals surface area contributed by atoms with E-state index in [9.17, 15) is 4.79 Å². The van der Waals surface area contributed by atoms with Gasteiger partial charge in [-0.2, -0.15) is 0 Å². The van der Waals surface area contributed by atoms with Crippen molar-refractivity contribution in [3.05, 3.63) is 0 Å². The van der Waals surface area contributed by atoms with Crippen LogP contribution in [0.25, 0.3) is 0 Å². The largest absolute Gasteiger partial charge is 0.382 e. The maximum Gasteiger partial charge on any atom is 0.220 e. The molecule has 1 aliphatic carbocycles. The summed E-state index contributed by atoms with van der Waals surface area (Å²) in [5, 5.41) is 2.93. The van der Waals surface area contributed by atoms with E-state index in [-0.39, 0.29) is 11.9 Å². The van der Waals surface area contributed by atoms with Crippen molar-refractivity contribution in [1.82, 2.24) is 5.32 Å². The third-order valence-electron chi connectivity index (χ3n) is 3.41. The lowest BCUT2D eigenvalue weighted by molar-refractivity contribution is -0.122. The second kappa shape index (κ2) is 8.48. The smallest absolute Gasteiger partial charge is 0.220 e. The molecule has 1 saturated carbocycles. The van der Waals surface area contributed by atoms with Crippen LogP contribution < -0.4 is 11.1 Å². The summed E-state index contributed by atoms with van der Waals surface area (Å²) >= 11 is 0. The summed E-state index contributed by atoms with van der Waals surface area (Å²) in [5.74, 6) is 0.527. The van der Waals surface area contributed by atoms with E-state index in [1.165, 1.54) is 12.8 Å². The van der Waals surface area contributed by atoms with Crippen molar-refractivity contribution in [2.24, 2.45) is 11.7 Å². The van der Waals surface area contributed by atoms with E-state index in [0.29, 0.717) is 18.9 Å². The summed E-state index contributed by atoms with van der Waals surface area (Å²) in [6, 6.07) is 0.220. The van der Waals surface area contributed by atoms with Gasteiger partial charge in [0.2, 0.25) is 5.91 Å². The Labute approximate surface area is 104 Å². The minimum atomic E-state index is 0.142. The fraction of sp³-hybridized carbons (Fsp3) is 0.923. The highest BCUT2D eigenvalue weighted by Gasteiger charge is 2.23. The topological polar surface area (TPSA) is 64.3 Å². The van der Waals surface area contributed by atoms with Crippen molar-refractivity contribution < 1.29 is 9.53 Å². The molecule has 0 radical (unpaired) electrons. The van der Waals surface area contributed by atoms with E-state index in [1.807, 2.05) is 6.92 Å². The third-order valence-corrected chi connectivity index (χ3v) is 3.41. The van der Waals surface area contributed by atoms with Gasteiger partial charge in [-0.1, -0.05) is 12.8 Å². The molecule has 2 unspecified atom stereocenters. The minimum Gasteiger partial charge on any atom is -0.382 e. The second-order valence-electron chi connectivity index (χ2n) is 4.81. The molecule has 0 heterocycles. The number of amides is 1. The quantitative estimate of drug-likeness (QED) is 0.664. The lowest BCUT2D eigenvalue weighted by atomic mass is 9.83. The van der Waals surface area contributed by atoms with Crippen molar-refractivity contribution in [2.75, 3.05) is 19.8 Å². The first-order valence-corrected chi connectivity index (χ1v) is 6.84. The SMILES string of the molecule is CCOCCCNC(=O)CC1CCCCC1N. The molecular weight excluding hydrogens is 216 g/mol. The van der Waals surface area contributed by atoms with Crippen LogP contribution in [0.5, 0.6) is 0 Å². The van der Waals surface area contributed by atoms with E-state index in [0.717, 1.165) is 32.5 Å². The van der Waals surface area contributed by atoms with Crippen LogP contribution in [0.4, 0.5) is 0 Å². The Morgan fingerprint density at radius 2 is 2.18 bits per heavy atom. The molecule has 0 aromatic carbocycles. The Kier molecular flexibility index (Phi) is 7.21. The lowest BCUT2D eigenvalue weighted by Crippen LogP contribution is -2.37. The number of carbonyl (C=O) groups excluding carboxylic acids is 1. The Morgan fingerprint density at radius 1 is 1.41 bits per heavy atom. The molecule has 4 nitrogen and oxygen atoms in total. The summed E-state index contributed by atoms with van der Waals surface area (Å²) in [6.45, 7) is 4.15. The number of nitrogens with one attached hydrogen (secondary N) is 1. The van der Waals surface area contributed by atoms with Crippen LogP contribution in [0.2, 0.25) is 0 Å². The molecule has 17 heavy (non-hydrogen) atoms. The molecule has 1 amide bonds. The Morgan fingerprint density at radius 3 is 2.88 bits per heavy atom. The molecule has 0 aliphatic heterocycles. The molecule has 0 saturated heterocycles. The summed E-state index contributed by atoms with van der Waals surface area (Å²) in [7, 11) is 0. The van der Waals surface area contributed by atoms with E-state index < -0.39 is 0 Å². The molecule has 3 N–H and O–H groups in total. The van der Waals surface area contributed by atoms with Crippen LogP contribution in [0, 0.1) is 5.92 Å². The summed E-state index contributed by atoms with van der Waals surface area (Å²) in [5.41, 5.74) is 6.02. The van der Waals surface area contributed by atoms with E-state index in [4.69, 9.17) is 10.5 Å². The van der Waals surface area contributed by atoms with Crippen LogP contribution in [0.3, 0.4) is 0 Å². The molecule has 4 heteroatoms. The Hall–Kier alpha value is -0.610. The number of hydrogen-bond donors (Lipinski definition) is 2. The predicted molar refractivity (Wildman–Crippen MR) is 68.7 cm³/mol. The van der Waals surface area contributed by atoms with Crippen LogP contribution in [0.15, 0.2) is 0 Å². The first-order chi connectivity index (χ1) is 8.24. The second-order valence-corrected chi connectivity index (χ2v) is 4.81. The first kappa shape index (κ1) is 14.5. The normalized spacial score (nSPS) is 24.6. The standard InChI is InChI=1S/C13H26N2O2/c1-2-17-9-5-8-15-13(16)10-11-6-3-4-7-12(11)14/h11-12H,2-10,14H2,1H3,(H,15,16). The molecule has 1 fully saturated rings. The molecule has 0 bridgehead atoms. The maximum atomic E-state index is 11.7. The van der Waals surface area contributed by atoms with Crippen LogP contribution in [-0.4, -0.2) is 31.7 Å². The van der Waals surface area contributed by atoms with Crippen LogP contribution >= 0.6 is 0 Å². The van der Waals surface area contributed by atoms with Crippen molar-refractivity contribution in [1.29, 1.82) is 0 Å². The summed E-state index contributed by atoms with van der Waals surface area (Å²) in [6.07, 6.45) is 6.09. The van der Waals surface area contributed by atoms with Crippen molar-refractivity contribution >= 4 is 5.91 Å². The van der Waals surface area contributed by atoms with Gasteiger partial charge in [-0.15, -0.1) is 0 Å². The minimum absolute atomic E-state index is 0.142. The zero-order valence-corrected chi connectivity index (χ0v) is 10.9. The predicted octanol–water partition coefficient (Wildman–Crippen LogP) is 1.44. The van der Waals surface area contributed by atoms with Crippen LogP contribution in [-0.2, 0) is 9.53 Å². The van der Waals surface area contributed by atoms with Gasteiger partial charge in [0, 0.05) is 32.2 Å². The molecule has 1 aliphatic rings. The fourth-order valence-electron chi connectivity index (χ4n) is 2.35. The number of ether oxygens (including phenoxy) is 1. The molecule has 2 atom stereocenters. The van der Waals surface area contributed by atoms with Gasteiger partial charge in [0.1, 0.15) is 0 Å². The molecular formula is C13H26N2O2. The third kappa shape index (κ3) is 6.03. The maximum absolute atomic E-state index is 11.7. The number of nitrogens with two attached hydrogens (primary N) is 1. The number of hydrogen-bond acceptors (Lipinski definition) is 3. The van der Waals surface area contributed by atoms with Gasteiger partial charge in [-0.3, -0.25) is 4.79 Å². The van der Waals surface area contributed by atoms with Gasteiger partial charge in [0.05, 0.1) is 0 Å².